The van der Waals surface area contributed by atoms with Crippen molar-refractivity contribution in [2.75, 3.05) is 31.6 Å². The molecule has 1 unspecified atom stereocenters. The van der Waals surface area contributed by atoms with E-state index in [0.29, 0.717) is 6.10 Å². The molecule has 2 rings (SSSR count). The first-order valence-corrected chi connectivity index (χ1v) is 7.42. The standard InChI is InChI=1S/C15H23ClN2O/c1-3-19-13-7-5-9-18(11-13)15-12(10-17-2)6-4-8-14(15)16/h4,6,8,13,17H,3,5,7,9-11H2,1-2H3. The van der Waals surface area contributed by atoms with E-state index in [1.807, 2.05) is 19.2 Å². The van der Waals surface area contributed by atoms with Crippen molar-refractivity contribution in [3.8, 4) is 0 Å². The Kier molecular flexibility index (Phi) is 5.49. The highest BCUT2D eigenvalue weighted by Gasteiger charge is 2.23. The maximum absolute atomic E-state index is 6.41. The topological polar surface area (TPSA) is 24.5 Å². The lowest BCUT2D eigenvalue weighted by molar-refractivity contribution is 0.0526. The molecule has 1 heterocycles. The summed E-state index contributed by atoms with van der Waals surface area (Å²) in [5, 5.41) is 4.05. The Labute approximate surface area is 120 Å². The van der Waals surface area contributed by atoms with Gasteiger partial charge in [0.15, 0.2) is 0 Å². The van der Waals surface area contributed by atoms with Crippen LogP contribution in [0.25, 0.3) is 0 Å². The molecule has 1 atom stereocenters. The number of halogens is 1. The third-order valence-electron chi connectivity index (χ3n) is 3.53. The lowest BCUT2D eigenvalue weighted by Gasteiger charge is -2.35. The van der Waals surface area contributed by atoms with Crippen molar-refractivity contribution in [3.05, 3.63) is 28.8 Å². The third kappa shape index (κ3) is 3.62. The van der Waals surface area contributed by atoms with Crippen LogP contribution in [0.15, 0.2) is 18.2 Å². The molecule has 1 aromatic carbocycles. The van der Waals surface area contributed by atoms with Gasteiger partial charge in [0, 0.05) is 26.2 Å². The summed E-state index contributed by atoms with van der Waals surface area (Å²) in [7, 11) is 1.96. The summed E-state index contributed by atoms with van der Waals surface area (Å²) in [5.41, 5.74) is 2.43. The summed E-state index contributed by atoms with van der Waals surface area (Å²) in [5.74, 6) is 0. The van der Waals surface area contributed by atoms with Gasteiger partial charge in [0.1, 0.15) is 0 Å². The molecule has 0 aromatic heterocycles. The Hall–Kier alpha value is -0.770. The second-order valence-corrected chi connectivity index (χ2v) is 5.35. The quantitative estimate of drug-likeness (QED) is 0.898. The minimum atomic E-state index is 0.331. The van der Waals surface area contributed by atoms with Gasteiger partial charge < -0.3 is 15.0 Å². The number of benzene rings is 1. The number of nitrogens with one attached hydrogen (secondary N) is 1. The zero-order valence-corrected chi connectivity index (χ0v) is 12.5. The molecule has 19 heavy (non-hydrogen) atoms. The molecule has 1 saturated heterocycles. The molecular weight excluding hydrogens is 260 g/mol. The molecule has 1 fully saturated rings. The van der Waals surface area contributed by atoms with E-state index < -0.39 is 0 Å². The van der Waals surface area contributed by atoms with Crippen molar-refractivity contribution in [1.29, 1.82) is 0 Å². The number of nitrogens with zero attached hydrogens (tertiary/aromatic N) is 1. The fourth-order valence-electron chi connectivity index (χ4n) is 2.76. The summed E-state index contributed by atoms with van der Waals surface area (Å²) < 4.78 is 5.77. The predicted molar refractivity (Wildman–Crippen MR) is 81.1 cm³/mol. The highest BCUT2D eigenvalue weighted by atomic mass is 35.5. The predicted octanol–water partition coefficient (Wildman–Crippen LogP) is 3.06. The molecule has 4 heteroatoms. The maximum Gasteiger partial charge on any atom is 0.0750 e. The van der Waals surface area contributed by atoms with Crippen LogP contribution in [0.1, 0.15) is 25.3 Å². The van der Waals surface area contributed by atoms with Gasteiger partial charge in [0.2, 0.25) is 0 Å². The fourth-order valence-corrected chi connectivity index (χ4v) is 3.07. The highest BCUT2D eigenvalue weighted by molar-refractivity contribution is 6.33. The van der Waals surface area contributed by atoms with E-state index in [9.17, 15) is 0 Å². The molecule has 1 aromatic rings. The summed E-state index contributed by atoms with van der Waals surface area (Å²) >= 11 is 6.41. The average Bonchev–Trinajstić information content (AvgIpc) is 2.40. The summed E-state index contributed by atoms with van der Waals surface area (Å²) in [6.45, 7) is 5.68. The molecule has 0 saturated carbocycles. The van der Waals surface area contributed by atoms with E-state index in [1.165, 1.54) is 11.3 Å². The van der Waals surface area contributed by atoms with Crippen LogP contribution in [0.4, 0.5) is 5.69 Å². The maximum atomic E-state index is 6.41. The summed E-state index contributed by atoms with van der Waals surface area (Å²) in [6, 6.07) is 6.13. The Bertz CT molecular complexity index is 409. The Morgan fingerprint density at radius 2 is 2.32 bits per heavy atom. The normalized spacial score (nSPS) is 19.7. The van der Waals surface area contributed by atoms with Crippen molar-refractivity contribution in [2.24, 2.45) is 0 Å². The molecule has 1 aliphatic heterocycles. The molecule has 1 N–H and O–H groups in total. The van der Waals surface area contributed by atoms with Crippen molar-refractivity contribution >= 4 is 17.3 Å². The second kappa shape index (κ2) is 7.13. The van der Waals surface area contributed by atoms with Gasteiger partial charge in [0.25, 0.3) is 0 Å². The van der Waals surface area contributed by atoms with Crippen molar-refractivity contribution in [3.63, 3.8) is 0 Å². The van der Waals surface area contributed by atoms with Crippen LogP contribution in [-0.2, 0) is 11.3 Å². The van der Waals surface area contributed by atoms with Crippen LogP contribution < -0.4 is 10.2 Å². The van der Waals surface area contributed by atoms with E-state index in [-0.39, 0.29) is 0 Å². The minimum absolute atomic E-state index is 0.331. The zero-order chi connectivity index (χ0) is 13.7. The van der Waals surface area contributed by atoms with Crippen LogP contribution in [0.5, 0.6) is 0 Å². The van der Waals surface area contributed by atoms with Crippen molar-refractivity contribution in [2.45, 2.75) is 32.4 Å². The molecule has 106 valence electrons. The fraction of sp³-hybridized carbons (Fsp3) is 0.600. The number of hydrogen-bond donors (Lipinski definition) is 1. The minimum Gasteiger partial charge on any atom is -0.377 e. The van der Waals surface area contributed by atoms with Gasteiger partial charge in [0.05, 0.1) is 16.8 Å². The average molecular weight is 283 g/mol. The number of anilines is 1. The molecule has 0 amide bonds. The van der Waals surface area contributed by atoms with Crippen molar-refractivity contribution < 1.29 is 4.74 Å². The largest absolute Gasteiger partial charge is 0.377 e. The smallest absolute Gasteiger partial charge is 0.0750 e. The first-order valence-electron chi connectivity index (χ1n) is 7.04. The number of para-hydroxylation sites is 1. The summed E-state index contributed by atoms with van der Waals surface area (Å²) in [4.78, 5) is 2.37. The Morgan fingerprint density at radius 1 is 1.47 bits per heavy atom. The van der Waals surface area contributed by atoms with Crippen LogP contribution in [0, 0.1) is 0 Å². The highest BCUT2D eigenvalue weighted by Crippen LogP contribution is 2.32. The lowest BCUT2D eigenvalue weighted by atomic mass is 10.0. The Balaban J connectivity index is 2.20. The number of ether oxygens (including phenoxy) is 1. The van der Waals surface area contributed by atoms with Crippen LogP contribution >= 0.6 is 11.6 Å². The van der Waals surface area contributed by atoms with Gasteiger partial charge in [-0.2, -0.15) is 0 Å². The third-order valence-corrected chi connectivity index (χ3v) is 3.84. The number of piperidine rings is 1. The molecular formula is C15H23ClN2O. The molecule has 0 radical (unpaired) electrons. The van der Waals surface area contributed by atoms with E-state index in [4.69, 9.17) is 16.3 Å². The lowest BCUT2D eigenvalue weighted by Crippen LogP contribution is -2.40. The van der Waals surface area contributed by atoms with Gasteiger partial charge in [-0.1, -0.05) is 23.7 Å². The number of hydrogen-bond acceptors (Lipinski definition) is 3. The first kappa shape index (κ1) is 14.6. The van der Waals surface area contributed by atoms with Crippen molar-refractivity contribution in [1.82, 2.24) is 5.32 Å². The Morgan fingerprint density at radius 3 is 3.05 bits per heavy atom. The van der Waals surface area contributed by atoms with E-state index >= 15 is 0 Å². The van der Waals surface area contributed by atoms with Crippen LogP contribution in [0.3, 0.4) is 0 Å². The second-order valence-electron chi connectivity index (χ2n) is 4.94. The van der Waals surface area contributed by atoms with E-state index in [0.717, 1.165) is 44.1 Å². The molecule has 0 aliphatic carbocycles. The van der Waals surface area contributed by atoms with E-state index in [1.54, 1.807) is 0 Å². The van der Waals surface area contributed by atoms with Crippen LogP contribution in [0.2, 0.25) is 5.02 Å². The molecule has 1 aliphatic rings. The monoisotopic (exact) mass is 282 g/mol. The molecule has 0 bridgehead atoms. The molecule has 3 nitrogen and oxygen atoms in total. The van der Waals surface area contributed by atoms with Gasteiger partial charge >= 0.3 is 0 Å². The van der Waals surface area contributed by atoms with Crippen LogP contribution in [-0.4, -0.2) is 32.8 Å². The van der Waals surface area contributed by atoms with Gasteiger partial charge in [-0.15, -0.1) is 0 Å². The summed E-state index contributed by atoms with van der Waals surface area (Å²) in [6.07, 6.45) is 2.64. The zero-order valence-electron chi connectivity index (χ0n) is 11.8. The SMILES string of the molecule is CCOC1CCCN(c2c(Cl)cccc2CNC)C1. The van der Waals surface area contributed by atoms with Gasteiger partial charge in [-0.25, -0.2) is 0 Å². The first-order chi connectivity index (χ1) is 9.26. The van der Waals surface area contributed by atoms with Gasteiger partial charge in [-0.05, 0) is 38.4 Å². The van der Waals surface area contributed by atoms with Gasteiger partial charge in [-0.3, -0.25) is 0 Å². The number of rotatable bonds is 5. The van der Waals surface area contributed by atoms with E-state index in [2.05, 4.69) is 23.2 Å². The molecule has 0 spiro atoms.